The topological polar surface area (TPSA) is 68.3 Å². The third-order valence-corrected chi connectivity index (χ3v) is 5.62. The van der Waals surface area contributed by atoms with Gasteiger partial charge >= 0.3 is 5.97 Å². The molecule has 7 heteroatoms. The Labute approximate surface area is 159 Å². The SMILES string of the molecule is Cc1ccc(NC(=O)COC(=O)CSCc2nc3ccccc3s2)cc1. The number of nitrogens with zero attached hydrogens (tertiary/aromatic N) is 1. The number of esters is 1. The van der Waals surface area contributed by atoms with E-state index in [4.69, 9.17) is 4.74 Å². The van der Waals surface area contributed by atoms with E-state index in [1.807, 2.05) is 55.5 Å². The monoisotopic (exact) mass is 386 g/mol. The highest BCUT2D eigenvalue weighted by atomic mass is 32.2. The van der Waals surface area contributed by atoms with Gasteiger partial charge in [0.1, 0.15) is 5.01 Å². The normalized spacial score (nSPS) is 10.7. The van der Waals surface area contributed by atoms with Crippen LogP contribution < -0.4 is 5.32 Å². The maximum atomic E-state index is 11.8. The summed E-state index contributed by atoms with van der Waals surface area (Å²) in [6, 6.07) is 15.4. The van der Waals surface area contributed by atoms with E-state index in [1.165, 1.54) is 11.8 Å². The van der Waals surface area contributed by atoms with Gasteiger partial charge in [0.15, 0.2) is 6.61 Å². The van der Waals surface area contributed by atoms with Crippen molar-refractivity contribution in [2.24, 2.45) is 0 Å². The van der Waals surface area contributed by atoms with Crippen LogP contribution in [0.1, 0.15) is 10.6 Å². The Hall–Kier alpha value is -2.38. The number of thiazole rings is 1. The number of fused-ring (bicyclic) bond motifs is 1. The molecular weight excluding hydrogens is 368 g/mol. The Morgan fingerprint density at radius 3 is 2.69 bits per heavy atom. The Kier molecular flexibility index (Phi) is 6.25. The van der Waals surface area contributed by atoms with Crippen LogP contribution in [-0.4, -0.2) is 29.2 Å². The van der Waals surface area contributed by atoms with Crippen molar-refractivity contribution in [2.75, 3.05) is 17.7 Å². The number of hydrogen-bond donors (Lipinski definition) is 1. The fourth-order valence-electron chi connectivity index (χ4n) is 2.23. The molecule has 0 bridgehead atoms. The van der Waals surface area contributed by atoms with Crippen LogP contribution in [0.3, 0.4) is 0 Å². The number of ether oxygens (including phenoxy) is 1. The van der Waals surface area contributed by atoms with Gasteiger partial charge in [-0.2, -0.15) is 0 Å². The van der Waals surface area contributed by atoms with Gasteiger partial charge in [-0.15, -0.1) is 23.1 Å². The molecule has 1 heterocycles. The van der Waals surface area contributed by atoms with Crippen LogP contribution in [0.5, 0.6) is 0 Å². The molecule has 1 N–H and O–H groups in total. The van der Waals surface area contributed by atoms with Gasteiger partial charge in [0.2, 0.25) is 0 Å². The smallest absolute Gasteiger partial charge is 0.316 e. The molecule has 0 fully saturated rings. The van der Waals surface area contributed by atoms with E-state index in [0.29, 0.717) is 11.4 Å². The zero-order chi connectivity index (χ0) is 18.4. The summed E-state index contributed by atoms with van der Waals surface area (Å²) in [7, 11) is 0. The fourth-order valence-corrected chi connectivity index (χ4v) is 4.06. The van der Waals surface area contributed by atoms with E-state index in [1.54, 1.807) is 11.3 Å². The largest absolute Gasteiger partial charge is 0.455 e. The van der Waals surface area contributed by atoms with E-state index < -0.39 is 5.97 Å². The first-order chi connectivity index (χ1) is 12.6. The lowest BCUT2D eigenvalue weighted by Gasteiger charge is -2.06. The van der Waals surface area contributed by atoms with E-state index >= 15 is 0 Å². The van der Waals surface area contributed by atoms with Gasteiger partial charge in [-0.05, 0) is 31.2 Å². The first-order valence-electron chi connectivity index (χ1n) is 8.04. The van der Waals surface area contributed by atoms with Gasteiger partial charge in [-0.1, -0.05) is 29.8 Å². The summed E-state index contributed by atoms with van der Waals surface area (Å²) in [4.78, 5) is 28.1. The maximum absolute atomic E-state index is 11.8. The van der Waals surface area contributed by atoms with Crippen LogP contribution in [0.25, 0.3) is 10.2 Å². The molecule has 134 valence electrons. The van der Waals surface area contributed by atoms with E-state index in [0.717, 1.165) is 20.8 Å². The lowest BCUT2D eigenvalue weighted by Crippen LogP contribution is -2.21. The van der Waals surface area contributed by atoms with Crippen LogP contribution in [0, 0.1) is 6.92 Å². The Bertz CT molecular complexity index is 874. The molecule has 5 nitrogen and oxygen atoms in total. The average molecular weight is 386 g/mol. The number of hydrogen-bond acceptors (Lipinski definition) is 6. The summed E-state index contributed by atoms with van der Waals surface area (Å²) in [6.07, 6.45) is 0. The van der Waals surface area contributed by atoms with Gasteiger partial charge < -0.3 is 10.1 Å². The van der Waals surface area contributed by atoms with Crippen LogP contribution in [-0.2, 0) is 20.1 Å². The lowest BCUT2D eigenvalue weighted by molar-refractivity contribution is -0.144. The maximum Gasteiger partial charge on any atom is 0.316 e. The molecule has 2 aromatic carbocycles. The predicted octanol–water partition coefficient (Wildman–Crippen LogP) is 4.02. The molecule has 0 aliphatic heterocycles. The van der Waals surface area contributed by atoms with Crippen LogP contribution in [0.15, 0.2) is 48.5 Å². The summed E-state index contributed by atoms with van der Waals surface area (Å²) >= 11 is 3.05. The van der Waals surface area contributed by atoms with Crippen molar-refractivity contribution < 1.29 is 14.3 Å². The van der Waals surface area contributed by atoms with Crippen molar-refractivity contribution in [1.82, 2.24) is 4.98 Å². The Morgan fingerprint density at radius 1 is 1.15 bits per heavy atom. The second-order valence-corrected chi connectivity index (χ2v) is 7.74. The number of carbonyl (C=O) groups excluding carboxylic acids is 2. The minimum atomic E-state index is -0.407. The molecule has 1 aromatic heterocycles. The van der Waals surface area contributed by atoms with Crippen molar-refractivity contribution >= 4 is 50.9 Å². The molecule has 0 unspecified atom stereocenters. The fraction of sp³-hybridized carbons (Fsp3) is 0.211. The molecular formula is C19H18N2O3S2. The minimum Gasteiger partial charge on any atom is -0.455 e. The third-order valence-electron chi connectivity index (χ3n) is 3.48. The molecule has 3 aromatic rings. The summed E-state index contributed by atoms with van der Waals surface area (Å²) in [6.45, 7) is 1.69. The molecule has 0 saturated carbocycles. The van der Waals surface area contributed by atoms with Crippen molar-refractivity contribution in [2.45, 2.75) is 12.7 Å². The number of amides is 1. The number of nitrogens with one attached hydrogen (secondary N) is 1. The van der Waals surface area contributed by atoms with Crippen molar-refractivity contribution in [3.05, 3.63) is 59.1 Å². The molecule has 0 spiro atoms. The molecule has 0 aliphatic rings. The van der Waals surface area contributed by atoms with Crippen LogP contribution in [0.4, 0.5) is 5.69 Å². The van der Waals surface area contributed by atoms with Crippen molar-refractivity contribution in [3.63, 3.8) is 0 Å². The second-order valence-electron chi connectivity index (χ2n) is 5.64. The van der Waals surface area contributed by atoms with Gasteiger partial charge in [0.05, 0.1) is 16.0 Å². The van der Waals surface area contributed by atoms with Crippen LogP contribution >= 0.6 is 23.1 Å². The number of para-hydroxylation sites is 1. The zero-order valence-corrected chi connectivity index (χ0v) is 15.9. The molecule has 0 radical (unpaired) electrons. The van der Waals surface area contributed by atoms with E-state index in [9.17, 15) is 9.59 Å². The first kappa shape index (κ1) is 18.4. The number of anilines is 1. The summed E-state index contributed by atoms with van der Waals surface area (Å²) in [5.41, 5.74) is 2.77. The van der Waals surface area contributed by atoms with Crippen molar-refractivity contribution in [1.29, 1.82) is 0 Å². The molecule has 0 aliphatic carbocycles. The third kappa shape index (κ3) is 5.31. The summed E-state index contributed by atoms with van der Waals surface area (Å²) in [5.74, 6) is 0.0751. The summed E-state index contributed by atoms with van der Waals surface area (Å²) < 4.78 is 6.15. The summed E-state index contributed by atoms with van der Waals surface area (Å²) in [5, 5.41) is 3.66. The minimum absolute atomic E-state index is 0.188. The van der Waals surface area contributed by atoms with Gasteiger partial charge in [0, 0.05) is 11.4 Å². The Morgan fingerprint density at radius 2 is 1.92 bits per heavy atom. The number of benzene rings is 2. The molecule has 3 rings (SSSR count). The highest BCUT2D eigenvalue weighted by Gasteiger charge is 2.09. The highest BCUT2D eigenvalue weighted by molar-refractivity contribution is 7.99. The van der Waals surface area contributed by atoms with Gasteiger partial charge in [-0.25, -0.2) is 4.98 Å². The lowest BCUT2D eigenvalue weighted by atomic mass is 10.2. The number of aryl methyl sites for hydroxylation is 1. The Balaban J connectivity index is 1.37. The second kappa shape index (κ2) is 8.82. The quantitative estimate of drug-likeness (QED) is 0.621. The zero-order valence-electron chi connectivity index (χ0n) is 14.2. The number of carbonyl (C=O) groups is 2. The molecule has 0 atom stereocenters. The highest BCUT2D eigenvalue weighted by Crippen LogP contribution is 2.24. The predicted molar refractivity (Wildman–Crippen MR) is 107 cm³/mol. The number of rotatable bonds is 7. The molecule has 26 heavy (non-hydrogen) atoms. The number of aromatic nitrogens is 1. The van der Waals surface area contributed by atoms with E-state index in [-0.39, 0.29) is 18.3 Å². The van der Waals surface area contributed by atoms with E-state index in [2.05, 4.69) is 10.3 Å². The number of thioether (sulfide) groups is 1. The molecule has 0 saturated heterocycles. The van der Waals surface area contributed by atoms with Crippen molar-refractivity contribution in [3.8, 4) is 0 Å². The van der Waals surface area contributed by atoms with Gasteiger partial charge in [-0.3, -0.25) is 9.59 Å². The standard InChI is InChI=1S/C19H18N2O3S2/c1-13-6-8-14(9-7-13)20-17(22)10-24-19(23)12-25-11-18-21-15-4-2-3-5-16(15)26-18/h2-9H,10-12H2,1H3,(H,20,22). The molecule has 1 amide bonds. The first-order valence-corrected chi connectivity index (χ1v) is 10.0. The van der Waals surface area contributed by atoms with Crippen LogP contribution in [0.2, 0.25) is 0 Å². The van der Waals surface area contributed by atoms with Gasteiger partial charge in [0.25, 0.3) is 5.91 Å². The average Bonchev–Trinajstić information content (AvgIpc) is 3.05.